The molecule has 0 radical (unpaired) electrons. The quantitative estimate of drug-likeness (QED) is 0.543. The highest BCUT2D eigenvalue weighted by Gasteiger charge is 2.44. The third-order valence-corrected chi connectivity index (χ3v) is 5.64. The van der Waals surface area contributed by atoms with Crippen molar-refractivity contribution in [2.75, 3.05) is 5.32 Å². The van der Waals surface area contributed by atoms with E-state index in [0.29, 0.717) is 16.9 Å². The summed E-state index contributed by atoms with van der Waals surface area (Å²) < 4.78 is 1.36. The molecule has 1 atom stereocenters. The maximum absolute atomic E-state index is 13.0. The molecule has 0 spiro atoms. The standard InChI is InChI=1S/C23H18N6O5/c30-19-9-8-18(21(32)25-19)29-22(33)15-7-6-13(10-16(15)23(29)34)17-11-28(27-26-17)12-20(31)24-14-4-2-1-3-5-14/h1-7,10-11,18H,8-9,12H2,(H,24,31)(H,25,30,32). The van der Waals surface area contributed by atoms with E-state index in [4.69, 9.17) is 0 Å². The highest BCUT2D eigenvalue weighted by molar-refractivity contribution is 6.23. The Kier molecular flexibility index (Phi) is 5.21. The van der Waals surface area contributed by atoms with Gasteiger partial charge >= 0.3 is 0 Å². The van der Waals surface area contributed by atoms with Gasteiger partial charge in [-0.3, -0.25) is 34.2 Å². The number of benzene rings is 2. The Bertz CT molecular complexity index is 1350. The highest BCUT2D eigenvalue weighted by atomic mass is 16.2. The van der Waals surface area contributed by atoms with Crippen LogP contribution in [0.5, 0.6) is 0 Å². The van der Waals surface area contributed by atoms with Gasteiger partial charge < -0.3 is 5.32 Å². The van der Waals surface area contributed by atoms with E-state index >= 15 is 0 Å². The topological polar surface area (TPSA) is 143 Å². The molecule has 34 heavy (non-hydrogen) atoms. The van der Waals surface area contributed by atoms with Crippen LogP contribution in [0, 0.1) is 0 Å². The lowest BCUT2D eigenvalue weighted by molar-refractivity contribution is -0.136. The number of hydrogen-bond donors (Lipinski definition) is 2. The van der Waals surface area contributed by atoms with E-state index in [2.05, 4.69) is 20.9 Å². The van der Waals surface area contributed by atoms with Crippen LogP contribution in [0.1, 0.15) is 33.6 Å². The van der Waals surface area contributed by atoms with Crippen LogP contribution >= 0.6 is 0 Å². The molecule has 2 N–H and O–H groups in total. The lowest BCUT2D eigenvalue weighted by Gasteiger charge is -2.27. The van der Waals surface area contributed by atoms with E-state index in [9.17, 15) is 24.0 Å². The molecule has 170 valence electrons. The number of para-hydroxylation sites is 1. The molecule has 3 heterocycles. The molecule has 1 saturated heterocycles. The summed E-state index contributed by atoms with van der Waals surface area (Å²) in [7, 11) is 0. The van der Waals surface area contributed by atoms with Gasteiger partial charge in [0.1, 0.15) is 18.3 Å². The van der Waals surface area contributed by atoms with E-state index in [1.807, 2.05) is 18.2 Å². The monoisotopic (exact) mass is 458 g/mol. The van der Waals surface area contributed by atoms with Gasteiger partial charge in [0.2, 0.25) is 17.7 Å². The second kappa shape index (κ2) is 8.35. The number of aromatic nitrogens is 3. The average molecular weight is 458 g/mol. The van der Waals surface area contributed by atoms with Gasteiger partial charge in [-0.1, -0.05) is 29.5 Å². The fraction of sp³-hybridized carbons (Fsp3) is 0.174. The van der Waals surface area contributed by atoms with Crippen molar-refractivity contribution < 1.29 is 24.0 Å². The Balaban J connectivity index is 1.33. The normalized spacial score (nSPS) is 17.5. The molecule has 2 aliphatic rings. The van der Waals surface area contributed by atoms with Gasteiger partial charge in [-0.05, 0) is 30.7 Å². The maximum Gasteiger partial charge on any atom is 0.262 e. The minimum Gasteiger partial charge on any atom is -0.324 e. The van der Waals surface area contributed by atoms with Gasteiger partial charge in [0.15, 0.2) is 0 Å². The van der Waals surface area contributed by atoms with E-state index in [1.54, 1.807) is 24.4 Å². The van der Waals surface area contributed by atoms with Gasteiger partial charge in [-0.2, -0.15) is 0 Å². The second-order valence-corrected chi connectivity index (χ2v) is 7.92. The summed E-state index contributed by atoms with van der Waals surface area (Å²) >= 11 is 0. The number of carbonyl (C=O) groups excluding carboxylic acids is 5. The van der Waals surface area contributed by atoms with Crippen LogP contribution in [-0.2, 0) is 20.9 Å². The van der Waals surface area contributed by atoms with Crippen molar-refractivity contribution in [3.8, 4) is 11.3 Å². The van der Waals surface area contributed by atoms with E-state index in [1.165, 1.54) is 16.8 Å². The van der Waals surface area contributed by atoms with Crippen molar-refractivity contribution in [3.05, 3.63) is 65.9 Å². The summed E-state index contributed by atoms with van der Waals surface area (Å²) in [6.45, 7) is -0.0620. The van der Waals surface area contributed by atoms with Crippen molar-refractivity contribution in [2.45, 2.75) is 25.4 Å². The Morgan fingerprint density at radius 2 is 1.79 bits per heavy atom. The molecule has 5 rings (SSSR count). The SMILES string of the molecule is O=C1CCC(N2C(=O)c3ccc(-c4cn(CC(=O)Nc5ccccc5)nn4)cc3C2=O)C(=O)N1. The van der Waals surface area contributed by atoms with Crippen molar-refractivity contribution in [1.82, 2.24) is 25.2 Å². The molecule has 1 fully saturated rings. The third-order valence-electron chi connectivity index (χ3n) is 5.64. The van der Waals surface area contributed by atoms with Gasteiger partial charge in [-0.15, -0.1) is 5.10 Å². The fourth-order valence-electron chi connectivity index (χ4n) is 4.01. The molecule has 2 aliphatic heterocycles. The smallest absolute Gasteiger partial charge is 0.262 e. The number of imide groups is 2. The zero-order valence-corrected chi connectivity index (χ0v) is 17.7. The Morgan fingerprint density at radius 1 is 1.03 bits per heavy atom. The number of nitrogens with zero attached hydrogens (tertiary/aromatic N) is 4. The zero-order valence-electron chi connectivity index (χ0n) is 17.7. The van der Waals surface area contributed by atoms with Crippen LogP contribution in [0.4, 0.5) is 5.69 Å². The third kappa shape index (κ3) is 3.83. The van der Waals surface area contributed by atoms with Crippen molar-refractivity contribution >= 4 is 35.2 Å². The maximum atomic E-state index is 13.0. The largest absolute Gasteiger partial charge is 0.324 e. The molecule has 11 heteroatoms. The van der Waals surface area contributed by atoms with Crippen LogP contribution in [0.3, 0.4) is 0 Å². The van der Waals surface area contributed by atoms with Crippen LogP contribution < -0.4 is 10.6 Å². The summed E-state index contributed by atoms with van der Waals surface area (Å²) in [6, 6.07) is 12.6. The summed E-state index contributed by atoms with van der Waals surface area (Å²) in [6.07, 6.45) is 1.70. The number of amides is 5. The Morgan fingerprint density at radius 3 is 2.56 bits per heavy atom. The van der Waals surface area contributed by atoms with E-state index in [0.717, 1.165) is 4.90 Å². The minimum absolute atomic E-state index is 0.0516. The number of hydrogen-bond acceptors (Lipinski definition) is 7. The Hall–Kier alpha value is -4.67. The first-order valence-corrected chi connectivity index (χ1v) is 10.5. The molecule has 5 amide bonds. The number of fused-ring (bicyclic) bond motifs is 1. The lowest BCUT2D eigenvalue weighted by Crippen LogP contribution is -2.54. The molecule has 0 saturated carbocycles. The zero-order chi connectivity index (χ0) is 23.8. The molecule has 2 aromatic carbocycles. The summed E-state index contributed by atoms with van der Waals surface area (Å²) in [5, 5.41) is 13.0. The average Bonchev–Trinajstić information content (AvgIpc) is 3.37. The molecule has 3 aromatic rings. The highest BCUT2D eigenvalue weighted by Crippen LogP contribution is 2.30. The molecule has 11 nitrogen and oxygen atoms in total. The second-order valence-electron chi connectivity index (χ2n) is 7.92. The van der Waals surface area contributed by atoms with Crippen LogP contribution in [0.25, 0.3) is 11.3 Å². The first kappa shape index (κ1) is 21.2. The molecular weight excluding hydrogens is 440 g/mol. The lowest BCUT2D eigenvalue weighted by atomic mass is 10.0. The number of piperidine rings is 1. The Labute approximate surface area is 192 Å². The predicted octanol–water partition coefficient (Wildman–Crippen LogP) is 0.985. The number of anilines is 1. The molecule has 0 bridgehead atoms. The molecule has 1 aromatic heterocycles. The van der Waals surface area contributed by atoms with Crippen LogP contribution in [0.2, 0.25) is 0 Å². The first-order chi connectivity index (χ1) is 16.4. The van der Waals surface area contributed by atoms with E-state index < -0.39 is 29.7 Å². The summed E-state index contributed by atoms with van der Waals surface area (Å²) in [4.78, 5) is 62.6. The van der Waals surface area contributed by atoms with Gasteiger partial charge in [-0.25, -0.2) is 4.68 Å². The number of rotatable bonds is 5. The molecule has 0 aliphatic carbocycles. The van der Waals surface area contributed by atoms with E-state index in [-0.39, 0.29) is 36.4 Å². The molecular formula is C23H18N6O5. The van der Waals surface area contributed by atoms with Gasteiger partial charge in [0.25, 0.3) is 11.8 Å². The molecule has 1 unspecified atom stereocenters. The van der Waals surface area contributed by atoms with Gasteiger partial charge in [0.05, 0.1) is 17.3 Å². The summed E-state index contributed by atoms with van der Waals surface area (Å²) in [5.74, 6) is -2.56. The fourth-order valence-corrected chi connectivity index (χ4v) is 4.01. The van der Waals surface area contributed by atoms with Crippen molar-refractivity contribution in [3.63, 3.8) is 0 Å². The summed E-state index contributed by atoms with van der Waals surface area (Å²) in [5.41, 5.74) is 1.92. The van der Waals surface area contributed by atoms with Crippen LogP contribution in [0.15, 0.2) is 54.7 Å². The predicted molar refractivity (Wildman–Crippen MR) is 117 cm³/mol. The van der Waals surface area contributed by atoms with Crippen molar-refractivity contribution in [2.24, 2.45) is 0 Å². The number of nitrogens with one attached hydrogen (secondary N) is 2. The van der Waals surface area contributed by atoms with Gasteiger partial charge in [0, 0.05) is 17.7 Å². The minimum atomic E-state index is -1.03. The number of carbonyl (C=O) groups is 5. The van der Waals surface area contributed by atoms with Crippen molar-refractivity contribution in [1.29, 1.82) is 0 Å². The first-order valence-electron chi connectivity index (χ1n) is 10.5. The van der Waals surface area contributed by atoms with Crippen LogP contribution in [-0.4, -0.2) is 55.5 Å².